The summed E-state index contributed by atoms with van der Waals surface area (Å²) < 4.78 is 0. The van der Waals surface area contributed by atoms with Crippen molar-refractivity contribution in [2.24, 2.45) is 29.1 Å². The fourth-order valence-corrected chi connectivity index (χ4v) is 5.13. The molecule has 0 heterocycles. The summed E-state index contributed by atoms with van der Waals surface area (Å²) in [5.74, 6) is 2.31. The Bertz CT molecular complexity index is 498. The Morgan fingerprint density at radius 1 is 1.18 bits per heavy atom. The quantitative estimate of drug-likeness (QED) is 0.900. The average Bonchev–Trinajstić information content (AvgIpc) is 2.50. The van der Waals surface area contributed by atoms with Crippen LogP contribution in [0.3, 0.4) is 0 Å². The van der Waals surface area contributed by atoms with Gasteiger partial charge in [0.2, 0.25) is 0 Å². The van der Waals surface area contributed by atoms with Crippen LogP contribution in [0.4, 0.5) is 0 Å². The molecule has 5 atom stereocenters. The molecule has 1 aromatic rings. The van der Waals surface area contributed by atoms with Gasteiger partial charge >= 0.3 is 0 Å². The van der Waals surface area contributed by atoms with Gasteiger partial charge in [0.15, 0.2) is 0 Å². The lowest BCUT2D eigenvalue weighted by molar-refractivity contribution is -0.199. The molecule has 0 radical (unpaired) electrons. The molecule has 4 rings (SSSR count). The molecular formula is C20H31NO. The number of fused-ring (bicyclic) bond motifs is 2. The summed E-state index contributed by atoms with van der Waals surface area (Å²) in [6.07, 6.45) is 2.30. The number of nitrogens with zero attached hydrogens (tertiary/aromatic N) is 1. The maximum Gasteiger partial charge on any atom is 0.0611 e. The summed E-state index contributed by atoms with van der Waals surface area (Å²) in [6.45, 7) is 9.16. The molecule has 0 aromatic heterocycles. The van der Waals surface area contributed by atoms with Crippen LogP contribution in [-0.4, -0.2) is 36.2 Å². The fourth-order valence-electron chi connectivity index (χ4n) is 5.13. The average molecular weight is 301 g/mol. The zero-order valence-electron chi connectivity index (χ0n) is 14.5. The Morgan fingerprint density at radius 2 is 1.86 bits per heavy atom. The first kappa shape index (κ1) is 16.0. The van der Waals surface area contributed by atoms with Gasteiger partial charge < -0.3 is 10.0 Å². The van der Waals surface area contributed by atoms with Crippen LogP contribution in [0.25, 0.3) is 0 Å². The van der Waals surface area contributed by atoms with Crippen molar-refractivity contribution < 1.29 is 5.11 Å². The van der Waals surface area contributed by atoms with Crippen molar-refractivity contribution in [3.8, 4) is 0 Å². The highest BCUT2D eigenvalue weighted by atomic mass is 16.3. The standard InChI is InChI=1S/C20H31NO/c1-14-17-12-18(20(17,2)3)16(19(14)22)13-21(4)11-10-15-8-6-5-7-9-15/h5-9,14,16-19,22H,10-13H2,1-4H3. The highest BCUT2D eigenvalue weighted by molar-refractivity contribution is 5.15. The molecule has 0 saturated heterocycles. The number of aliphatic hydroxyl groups is 1. The third kappa shape index (κ3) is 2.72. The maximum absolute atomic E-state index is 10.7. The highest BCUT2D eigenvalue weighted by Crippen LogP contribution is 2.63. The van der Waals surface area contributed by atoms with E-state index in [1.54, 1.807) is 0 Å². The molecular weight excluding hydrogens is 270 g/mol. The normalized spacial score (nSPS) is 36.2. The first-order valence-corrected chi connectivity index (χ1v) is 8.81. The van der Waals surface area contributed by atoms with Crippen LogP contribution in [0.5, 0.6) is 0 Å². The summed E-state index contributed by atoms with van der Waals surface area (Å²) in [6, 6.07) is 10.7. The van der Waals surface area contributed by atoms with Gasteiger partial charge in [-0.2, -0.15) is 0 Å². The molecule has 1 aromatic carbocycles. The second-order valence-electron chi connectivity index (χ2n) is 8.28. The lowest BCUT2D eigenvalue weighted by Gasteiger charge is -2.64. The Balaban J connectivity index is 1.57. The smallest absolute Gasteiger partial charge is 0.0611 e. The molecule has 3 fully saturated rings. The van der Waals surface area contributed by atoms with Gasteiger partial charge in [-0.1, -0.05) is 51.1 Å². The summed E-state index contributed by atoms with van der Waals surface area (Å²) >= 11 is 0. The molecule has 122 valence electrons. The van der Waals surface area contributed by atoms with E-state index in [2.05, 4.69) is 63.1 Å². The van der Waals surface area contributed by atoms with E-state index in [1.807, 2.05) is 0 Å². The Kier molecular flexibility index (Phi) is 4.35. The van der Waals surface area contributed by atoms with Gasteiger partial charge in [-0.25, -0.2) is 0 Å². The largest absolute Gasteiger partial charge is 0.392 e. The van der Waals surface area contributed by atoms with Gasteiger partial charge in [-0.15, -0.1) is 0 Å². The molecule has 3 aliphatic rings. The minimum absolute atomic E-state index is 0.115. The van der Waals surface area contributed by atoms with Gasteiger partial charge in [0, 0.05) is 19.0 Å². The molecule has 2 heteroatoms. The number of benzene rings is 1. The monoisotopic (exact) mass is 301 g/mol. The number of aliphatic hydroxyl groups excluding tert-OH is 1. The number of hydrogen-bond donors (Lipinski definition) is 1. The van der Waals surface area contributed by atoms with Crippen LogP contribution in [0.1, 0.15) is 32.8 Å². The molecule has 0 spiro atoms. The zero-order valence-corrected chi connectivity index (χ0v) is 14.5. The SMILES string of the molecule is CC1C(O)C(CN(C)CCc2ccccc2)C2CC1C2(C)C. The van der Waals surface area contributed by atoms with Crippen LogP contribution in [0.2, 0.25) is 0 Å². The second-order valence-corrected chi connectivity index (χ2v) is 8.28. The minimum Gasteiger partial charge on any atom is -0.392 e. The van der Waals surface area contributed by atoms with Crippen LogP contribution in [0.15, 0.2) is 30.3 Å². The van der Waals surface area contributed by atoms with Gasteiger partial charge in [0.1, 0.15) is 0 Å². The predicted octanol–water partition coefficient (Wildman–Crippen LogP) is 3.45. The third-order valence-corrected chi connectivity index (χ3v) is 6.70. The van der Waals surface area contributed by atoms with Crippen LogP contribution < -0.4 is 0 Å². The van der Waals surface area contributed by atoms with E-state index in [9.17, 15) is 5.11 Å². The Hall–Kier alpha value is -0.860. The van der Waals surface area contributed by atoms with Crippen LogP contribution in [-0.2, 0) is 6.42 Å². The molecule has 0 amide bonds. The first-order chi connectivity index (χ1) is 10.4. The van der Waals surface area contributed by atoms with Gasteiger partial charge in [-0.05, 0) is 48.6 Å². The van der Waals surface area contributed by atoms with Crippen molar-refractivity contribution in [1.29, 1.82) is 0 Å². The number of likely N-dealkylation sites (N-methyl/N-ethyl adjacent to an activating group) is 1. The molecule has 0 aliphatic heterocycles. The van der Waals surface area contributed by atoms with Crippen molar-refractivity contribution in [1.82, 2.24) is 4.90 Å². The van der Waals surface area contributed by atoms with E-state index < -0.39 is 0 Å². The van der Waals surface area contributed by atoms with E-state index in [0.717, 1.165) is 25.4 Å². The van der Waals surface area contributed by atoms with E-state index >= 15 is 0 Å². The van der Waals surface area contributed by atoms with Crippen LogP contribution >= 0.6 is 0 Å². The molecule has 3 aliphatic carbocycles. The van der Waals surface area contributed by atoms with E-state index in [1.165, 1.54) is 12.0 Å². The lowest BCUT2D eigenvalue weighted by atomic mass is 9.42. The van der Waals surface area contributed by atoms with E-state index in [0.29, 0.717) is 23.2 Å². The summed E-state index contributed by atoms with van der Waals surface area (Å²) in [5.41, 5.74) is 1.82. The molecule has 2 nitrogen and oxygen atoms in total. The molecule has 1 N–H and O–H groups in total. The van der Waals surface area contributed by atoms with Crippen LogP contribution in [0, 0.1) is 29.1 Å². The van der Waals surface area contributed by atoms with Crippen molar-refractivity contribution in [3.63, 3.8) is 0 Å². The summed E-state index contributed by atoms with van der Waals surface area (Å²) in [5, 5.41) is 10.7. The number of rotatable bonds is 5. The highest BCUT2D eigenvalue weighted by Gasteiger charge is 2.60. The van der Waals surface area contributed by atoms with Gasteiger partial charge in [0.25, 0.3) is 0 Å². The fraction of sp³-hybridized carbons (Fsp3) is 0.700. The first-order valence-electron chi connectivity index (χ1n) is 8.81. The van der Waals surface area contributed by atoms with Crippen molar-refractivity contribution >= 4 is 0 Å². The maximum atomic E-state index is 10.7. The molecule has 5 unspecified atom stereocenters. The van der Waals surface area contributed by atoms with Crippen molar-refractivity contribution in [2.45, 2.75) is 39.7 Å². The van der Waals surface area contributed by atoms with Crippen molar-refractivity contribution in [2.75, 3.05) is 20.1 Å². The minimum atomic E-state index is -0.115. The zero-order chi connectivity index (χ0) is 15.9. The summed E-state index contributed by atoms with van der Waals surface area (Å²) in [7, 11) is 2.21. The van der Waals surface area contributed by atoms with Crippen molar-refractivity contribution in [3.05, 3.63) is 35.9 Å². The molecule has 22 heavy (non-hydrogen) atoms. The lowest BCUT2D eigenvalue weighted by Crippen LogP contribution is -2.63. The van der Waals surface area contributed by atoms with E-state index in [-0.39, 0.29) is 6.10 Å². The Morgan fingerprint density at radius 3 is 2.50 bits per heavy atom. The topological polar surface area (TPSA) is 23.5 Å². The molecule has 2 bridgehead atoms. The number of hydrogen-bond acceptors (Lipinski definition) is 2. The Labute approximate surface area is 135 Å². The second kappa shape index (κ2) is 5.98. The van der Waals surface area contributed by atoms with Gasteiger partial charge in [0.05, 0.1) is 6.10 Å². The summed E-state index contributed by atoms with van der Waals surface area (Å²) in [4.78, 5) is 2.42. The predicted molar refractivity (Wildman–Crippen MR) is 91.7 cm³/mol. The van der Waals surface area contributed by atoms with Gasteiger partial charge in [-0.3, -0.25) is 0 Å². The molecule has 3 saturated carbocycles. The third-order valence-electron chi connectivity index (χ3n) is 6.70. The van der Waals surface area contributed by atoms with E-state index in [4.69, 9.17) is 0 Å².